The number of nitrogens with one attached hydrogen (secondary N) is 1. The number of anilines is 1. The van der Waals surface area contributed by atoms with E-state index in [0.29, 0.717) is 22.9 Å². The minimum atomic E-state index is -0.287. The van der Waals surface area contributed by atoms with Crippen LogP contribution in [0.15, 0.2) is 36.4 Å². The molecule has 1 N–H and O–H groups in total. The van der Waals surface area contributed by atoms with Gasteiger partial charge >= 0.3 is 0 Å². The number of rotatable bonds is 8. The van der Waals surface area contributed by atoms with Crippen LogP contribution in [0.4, 0.5) is 5.69 Å². The quantitative estimate of drug-likeness (QED) is 0.637. The number of methoxy groups -OCH3 is 3. The summed E-state index contributed by atoms with van der Waals surface area (Å²) in [4.78, 5) is 16.6. The van der Waals surface area contributed by atoms with Gasteiger partial charge in [0.2, 0.25) is 11.7 Å². The van der Waals surface area contributed by atoms with Gasteiger partial charge in [-0.25, -0.2) is 4.98 Å². The minimum Gasteiger partial charge on any atom is -0.493 e. The first kappa shape index (κ1) is 18.9. The van der Waals surface area contributed by atoms with Crippen LogP contribution in [-0.2, 0) is 16.1 Å². The zero-order chi connectivity index (χ0) is 19.2. The van der Waals surface area contributed by atoms with Crippen LogP contribution in [0.5, 0.6) is 17.2 Å². The van der Waals surface area contributed by atoms with Gasteiger partial charge < -0.3 is 24.3 Å². The summed E-state index contributed by atoms with van der Waals surface area (Å²) in [5.74, 6) is 1.10. The van der Waals surface area contributed by atoms with Gasteiger partial charge in [0.1, 0.15) is 11.6 Å². The van der Waals surface area contributed by atoms with Crippen LogP contribution in [-0.4, -0.2) is 38.8 Å². The molecule has 1 heterocycles. The summed E-state index contributed by atoms with van der Waals surface area (Å²) in [7, 11) is 4.56. The molecular weight excluding hydrogens is 368 g/mol. The molecule has 7 nitrogen and oxygen atoms in total. The molecule has 3 aromatic rings. The van der Waals surface area contributed by atoms with Gasteiger partial charge in [0.15, 0.2) is 11.5 Å². The fourth-order valence-corrected chi connectivity index (χ4v) is 3.47. The van der Waals surface area contributed by atoms with Crippen molar-refractivity contribution in [1.82, 2.24) is 4.98 Å². The van der Waals surface area contributed by atoms with E-state index < -0.39 is 0 Å². The molecule has 0 saturated heterocycles. The van der Waals surface area contributed by atoms with E-state index in [4.69, 9.17) is 18.9 Å². The minimum absolute atomic E-state index is 0.0907. The van der Waals surface area contributed by atoms with Crippen molar-refractivity contribution in [2.45, 2.75) is 6.61 Å². The maximum atomic E-state index is 12.2. The van der Waals surface area contributed by atoms with Crippen molar-refractivity contribution in [3.05, 3.63) is 41.4 Å². The Balaban J connectivity index is 1.58. The van der Waals surface area contributed by atoms with E-state index in [1.54, 1.807) is 23.5 Å². The lowest BCUT2D eigenvalue weighted by atomic mass is 10.2. The summed E-state index contributed by atoms with van der Waals surface area (Å²) >= 11 is 1.55. The van der Waals surface area contributed by atoms with Crippen molar-refractivity contribution in [3.63, 3.8) is 0 Å². The van der Waals surface area contributed by atoms with Crippen molar-refractivity contribution >= 4 is 33.1 Å². The number of aromatic nitrogens is 1. The number of fused-ring (bicyclic) bond motifs is 1. The molecule has 2 aromatic carbocycles. The molecule has 3 rings (SSSR count). The van der Waals surface area contributed by atoms with Crippen molar-refractivity contribution in [3.8, 4) is 17.2 Å². The van der Waals surface area contributed by atoms with Crippen molar-refractivity contribution < 1.29 is 23.7 Å². The summed E-state index contributed by atoms with van der Waals surface area (Å²) in [5, 5.41) is 3.59. The molecule has 0 bridgehead atoms. The van der Waals surface area contributed by atoms with Gasteiger partial charge in [-0.1, -0.05) is 12.1 Å². The van der Waals surface area contributed by atoms with Crippen molar-refractivity contribution in [2.24, 2.45) is 0 Å². The smallest absolute Gasteiger partial charge is 0.250 e. The standard InChI is InChI=1S/C19H20N2O5S/c1-23-14-8-12(9-15(24-2)19(14)25-3)20-17(22)10-26-11-18-21-13-6-4-5-7-16(13)27-18/h4-9H,10-11H2,1-3H3,(H,20,22). The summed E-state index contributed by atoms with van der Waals surface area (Å²) in [6, 6.07) is 11.2. The molecule has 27 heavy (non-hydrogen) atoms. The Kier molecular flexibility index (Phi) is 6.10. The second-order valence-corrected chi connectivity index (χ2v) is 6.65. The molecule has 0 atom stereocenters. The van der Waals surface area contributed by atoms with Gasteiger partial charge in [-0.2, -0.15) is 0 Å². The van der Waals surface area contributed by atoms with E-state index in [2.05, 4.69) is 10.3 Å². The van der Waals surface area contributed by atoms with Crippen molar-refractivity contribution in [2.75, 3.05) is 33.3 Å². The van der Waals surface area contributed by atoms with Crippen LogP contribution in [0, 0.1) is 0 Å². The van der Waals surface area contributed by atoms with Gasteiger partial charge in [-0.3, -0.25) is 4.79 Å². The third-order valence-electron chi connectivity index (χ3n) is 3.75. The number of thiazole rings is 1. The molecule has 1 amide bonds. The molecule has 0 aliphatic carbocycles. The molecule has 0 aliphatic rings. The molecule has 8 heteroatoms. The van der Waals surface area contributed by atoms with Crippen LogP contribution >= 0.6 is 11.3 Å². The van der Waals surface area contributed by atoms with Crippen LogP contribution < -0.4 is 19.5 Å². The Morgan fingerprint density at radius 2 is 1.78 bits per heavy atom. The summed E-state index contributed by atoms with van der Waals surface area (Å²) in [6.45, 7) is 0.189. The fourth-order valence-electron chi connectivity index (χ4n) is 2.56. The highest BCUT2D eigenvalue weighted by molar-refractivity contribution is 7.18. The normalized spacial score (nSPS) is 10.6. The van der Waals surface area contributed by atoms with Gasteiger partial charge in [-0.05, 0) is 12.1 Å². The molecule has 142 valence electrons. The highest BCUT2D eigenvalue weighted by atomic mass is 32.1. The largest absolute Gasteiger partial charge is 0.493 e. The second-order valence-electron chi connectivity index (χ2n) is 5.53. The number of amides is 1. The molecule has 0 fully saturated rings. The molecule has 1 aromatic heterocycles. The van der Waals surface area contributed by atoms with Crippen LogP contribution in [0.3, 0.4) is 0 Å². The third-order valence-corrected chi connectivity index (χ3v) is 4.76. The maximum absolute atomic E-state index is 12.2. The zero-order valence-corrected chi connectivity index (χ0v) is 16.1. The van der Waals surface area contributed by atoms with Crippen LogP contribution in [0.2, 0.25) is 0 Å². The van der Waals surface area contributed by atoms with E-state index in [9.17, 15) is 4.79 Å². The molecule has 0 aliphatic heterocycles. The first-order valence-electron chi connectivity index (χ1n) is 8.16. The van der Waals surface area contributed by atoms with E-state index in [1.165, 1.54) is 21.3 Å². The SMILES string of the molecule is COc1cc(NC(=O)COCc2nc3ccccc3s2)cc(OC)c1OC. The lowest BCUT2D eigenvalue weighted by Crippen LogP contribution is -2.18. The molecule has 0 spiro atoms. The Hall–Kier alpha value is -2.84. The van der Waals surface area contributed by atoms with Crippen molar-refractivity contribution in [1.29, 1.82) is 0 Å². The topological polar surface area (TPSA) is 78.9 Å². The number of hydrogen-bond donors (Lipinski definition) is 1. The number of hydrogen-bond acceptors (Lipinski definition) is 7. The predicted octanol–water partition coefficient (Wildman–Crippen LogP) is 3.48. The molecule has 0 radical (unpaired) electrons. The number of carbonyl (C=O) groups is 1. The molecule has 0 unspecified atom stereocenters. The lowest BCUT2D eigenvalue weighted by molar-refractivity contribution is -0.121. The third kappa shape index (κ3) is 4.47. The number of carbonyl (C=O) groups excluding carboxylic acids is 1. The number of ether oxygens (including phenoxy) is 4. The van der Waals surface area contributed by atoms with E-state index in [-0.39, 0.29) is 19.1 Å². The number of para-hydroxylation sites is 1. The number of benzene rings is 2. The van der Waals surface area contributed by atoms with E-state index in [0.717, 1.165) is 15.2 Å². The van der Waals surface area contributed by atoms with Gasteiger partial charge in [-0.15, -0.1) is 11.3 Å². The van der Waals surface area contributed by atoms with Gasteiger partial charge in [0, 0.05) is 17.8 Å². The first-order valence-corrected chi connectivity index (χ1v) is 8.98. The highest BCUT2D eigenvalue weighted by Crippen LogP contribution is 2.39. The highest BCUT2D eigenvalue weighted by Gasteiger charge is 2.14. The van der Waals surface area contributed by atoms with E-state index >= 15 is 0 Å². The molecule has 0 saturated carbocycles. The Morgan fingerprint density at radius 3 is 2.41 bits per heavy atom. The summed E-state index contributed by atoms with van der Waals surface area (Å²) in [5.41, 5.74) is 1.46. The fraction of sp³-hybridized carbons (Fsp3) is 0.263. The predicted molar refractivity (Wildman–Crippen MR) is 104 cm³/mol. The second kappa shape index (κ2) is 8.70. The number of nitrogens with zero attached hydrogens (tertiary/aromatic N) is 1. The van der Waals surface area contributed by atoms with Gasteiger partial charge in [0.05, 0.1) is 38.2 Å². The van der Waals surface area contributed by atoms with Crippen LogP contribution in [0.1, 0.15) is 5.01 Å². The Morgan fingerprint density at radius 1 is 1.07 bits per heavy atom. The van der Waals surface area contributed by atoms with Gasteiger partial charge in [0.25, 0.3) is 0 Å². The van der Waals surface area contributed by atoms with E-state index in [1.807, 2.05) is 24.3 Å². The maximum Gasteiger partial charge on any atom is 0.250 e. The summed E-state index contributed by atoms with van der Waals surface area (Å²) in [6.07, 6.45) is 0. The average Bonchev–Trinajstić information content (AvgIpc) is 3.09. The first-order chi connectivity index (χ1) is 13.1. The summed E-state index contributed by atoms with van der Waals surface area (Å²) < 4.78 is 22.4. The molecular formula is C19H20N2O5S. The monoisotopic (exact) mass is 388 g/mol. The van der Waals surface area contributed by atoms with Crippen LogP contribution in [0.25, 0.3) is 10.2 Å². The lowest BCUT2D eigenvalue weighted by Gasteiger charge is -2.14. The Bertz CT molecular complexity index is 883. The Labute approximate surface area is 160 Å². The average molecular weight is 388 g/mol. The zero-order valence-electron chi connectivity index (χ0n) is 15.3.